The number of hydrogen-bond acceptors (Lipinski definition) is 2. The van der Waals surface area contributed by atoms with Crippen molar-refractivity contribution in [1.82, 2.24) is 4.72 Å². The third-order valence-corrected chi connectivity index (χ3v) is 4.55. The Morgan fingerprint density at radius 1 is 1.40 bits per heavy atom. The first-order chi connectivity index (χ1) is 6.92. The minimum absolute atomic E-state index is 0.109. The van der Waals surface area contributed by atoms with E-state index in [2.05, 4.69) is 20.7 Å². The molecule has 1 aromatic rings. The van der Waals surface area contributed by atoms with E-state index in [-0.39, 0.29) is 12.0 Å². The maximum Gasteiger partial charge on any atom is 0.241 e. The molecule has 0 saturated carbocycles. The zero-order valence-corrected chi connectivity index (χ0v) is 10.9. The van der Waals surface area contributed by atoms with Gasteiger partial charge in [0.05, 0.1) is 10.9 Å². The summed E-state index contributed by atoms with van der Waals surface area (Å²) in [4.78, 5) is 0.407. The quantitative estimate of drug-likeness (QED) is 0.863. The third kappa shape index (κ3) is 1.84. The third-order valence-electron chi connectivity index (χ3n) is 2.55. The highest BCUT2D eigenvalue weighted by Gasteiger charge is 2.35. The number of hydrogen-bond donors (Lipinski definition) is 1. The van der Waals surface area contributed by atoms with E-state index in [1.54, 1.807) is 12.1 Å². The molecule has 82 valence electrons. The molecule has 0 spiro atoms. The summed E-state index contributed by atoms with van der Waals surface area (Å²) in [5.41, 5.74) is 0.861. The van der Waals surface area contributed by atoms with Gasteiger partial charge in [0.25, 0.3) is 0 Å². The number of fused-ring (bicyclic) bond motifs is 1. The molecule has 15 heavy (non-hydrogen) atoms. The van der Waals surface area contributed by atoms with Gasteiger partial charge in [-0.05, 0) is 29.7 Å². The van der Waals surface area contributed by atoms with Crippen LogP contribution >= 0.6 is 15.9 Å². The topological polar surface area (TPSA) is 46.2 Å². The summed E-state index contributed by atoms with van der Waals surface area (Å²) in [6.45, 7) is 4.01. The Hall–Kier alpha value is -0.390. The normalized spacial score (nSPS) is 23.1. The smallest absolute Gasteiger partial charge is 0.207 e. The molecule has 1 heterocycles. The van der Waals surface area contributed by atoms with Crippen LogP contribution in [0, 0.1) is 5.92 Å². The minimum atomic E-state index is -3.29. The van der Waals surface area contributed by atoms with E-state index >= 15 is 0 Å². The molecule has 0 aliphatic carbocycles. The van der Waals surface area contributed by atoms with Crippen molar-refractivity contribution in [2.75, 3.05) is 0 Å². The van der Waals surface area contributed by atoms with Crippen molar-refractivity contribution in [2.24, 2.45) is 5.92 Å². The van der Waals surface area contributed by atoms with Gasteiger partial charge in [-0.15, -0.1) is 0 Å². The first-order valence-electron chi connectivity index (χ1n) is 4.73. The van der Waals surface area contributed by atoms with Gasteiger partial charge in [-0.25, -0.2) is 13.1 Å². The number of benzene rings is 1. The van der Waals surface area contributed by atoms with Crippen LogP contribution in [0.25, 0.3) is 0 Å². The predicted molar refractivity (Wildman–Crippen MR) is 62.0 cm³/mol. The van der Waals surface area contributed by atoms with Crippen molar-refractivity contribution in [1.29, 1.82) is 0 Å². The average Bonchev–Trinajstić information content (AvgIpc) is 2.38. The monoisotopic (exact) mass is 289 g/mol. The second-order valence-corrected chi connectivity index (χ2v) is 6.62. The van der Waals surface area contributed by atoms with Crippen LogP contribution in [-0.4, -0.2) is 8.42 Å². The molecule has 0 fully saturated rings. The zero-order valence-electron chi connectivity index (χ0n) is 8.49. The van der Waals surface area contributed by atoms with Crippen LogP contribution in [0.2, 0.25) is 0 Å². The second kappa shape index (κ2) is 3.57. The van der Waals surface area contributed by atoms with E-state index in [0.29, 0.717) is 4.90 Å². The Morgan fingerprint density at radius 3 is 2.67 bits per heavy atom. The summed E-state index contributed by atoms with van der Waals surface area (Å²) in [7, 11) is -3.29. The van der Waals surface area contributed by atoms with E-state index < -0.39 is 10.0 Å². The van der Waals surface area contributed by atoms with Crippen LogP contribution in [-0.2, 0) is 10.0 Å². The highest BCUT2D eigenvalue weighted by Crippen LogP contribution is 2.36. The molecule has 0 amide bonds. The van der Waals surface area contributed by atoms with E-state index in [9.17, 15) is 8.42 Å². The van der Waals surface area contributed by atoms with Gasteiger partial charge in [0, 0.05) is 4.47 Å². The van der Waals surface area contributed by atoms with E-state index in [4.69, 9.17) is 0 Å². The highest BCUT2D eigenvalue weighted by molar-refractivity contribution is 9.10. The Balaban J connectivity index is 2.64. The summed E-state index contributed by atoms with van der Waals surface area (Å²) in [5, 5.41) is 0. The van der Waals surface area contributed by atoms with Crippen LogP contribution < -0.4 is 4.72 Å². The average molecular weight is 290 g/mol. The van der Waals surface area contributed by atoms with Gasteiger partial charge in [-0.3, -0.25) is 0 Å². The molecule has 1 aromatic carbocycles. The molecule has 0 aromatic heterocycles. The van der Waals surface area contributed by atoms with Gasteiger partial charge in [0.15, 0.2) is 0 Å². The first kappa shape index (κ1) is 11.1. The van der Waals surface area contributed by atoms with E-state index in [0.717, 1.165) is 10.0 Å². The lowest BCUT2D eigenvalue weighted by atomic mass is 9.97. The van der Waals surface area contributed by atoms with Gasteiger partial charge in [0.2, 0.25) is 10.0 Å². The number of nitrogens with one attached hydrogen (secondary N) is 1. The van der Waals surface area contributed by atoms with E-state index in [1.165, 1.54) is 0 Å². The predicted octanol–water partition coefficient (Wildman–Crippen LogP) is 2.44. The molecule has 1 N–H and O–H groups in total. The van der Waals surface area contributed by atoms with Crippen molar-refractivity contribution < 1.29 is 8.42 Å². The zero-order chi connectivity index (χ0) is 11.2. The van der Waals surface area contributed by atoms with Crippen molar-refractivity contribution in [2.45, 2.75) is 24.8 Å². The fourth-order valence-corrected chi connectivity index (χ4v) is 3.78. The standard InChI is InChI=1S/C10H12BrNO2S/c1-6(2)10-8-5-7(11)3-4-9(8)15(13,14)12-10/h3-6,10,12H,1-2H3. The van der Waals surface area contributed by atoms with Crippen molar-refractivity contribution in [3.8, 4) is 0 Å². The van der Waals surface area contributed by atoms with Crippen LogP contribution in [0.3, 0.4) is 0 Å². The molecule has 1 atom stereocenters. The summed E-state index contributed by atoms with van der Waals surface area (Å²) >= 11 is 3.36. The minimum Gasteiger partial charge on any atom is -0.207 e. The Bertz CT molecular complexity index is 496. The molecule has 1 aliphatic heterocycles. The summed E-state index contributed by atoms with van der Waals surface area (Å²) in [6.07, 6.45) is 0. The Kier molecular flexibility index (Phi) is 2.65. The highest BCUT2D eigenvalue weighted by atomic mass is 79.9. The van der Waals surface area contributed by atoms with Crippen LogP contribution in [0.1, 0.15) is 25.5 Å². The summed E-state index contributed by atoms with van der Waals surface area (Å²) in [5.74, 6) is 0.246. The number of rotatable bonds is 1. The summed E-state index contributed by atoms with van der Waals surface area (Å²) < 4.78 is 27.1. The molecule has 0 saturated heterocycles. The maximum absolute atomic E-state index is 11.8. The second-order valence-electron chi connectivity index (χ2n) is 4.03. The lowest BCUT2D eigenvalue weighted by molar-refractivity contribution is 0.478. The van der Waals surface area contributed by atoms with Gasteiger partial charge >= 0.3 is 0 Å². The van der Waals surface area contributed by atoms with Crippen molar-refractivity contribution in [3.63, 3.8) is 0 Å². The number of halogens is 1. The first-order valence-corrected chi connectivity index (χ1v) is 7.01. The van der Waals surface area contributed by atoms with Crippen molar-refractivity contribution >= 4 is 26.0 Å². The Morgan fingerprint density at radius 2 is 2.07 bits per heavy atom. The van der Waals surface area contributed by atoms with Gasteiger partial charge < -0.3 is 0 Å². The molecule has 5 heteroatoms. The lowest BCUT2D eigenvalue weighted by Gasteiger charge is -2.14. The maximum atomic E-state index is 11.8. The van der Waals surface area contributed by atoms with Gasteiger partial charge in [-0.2, -0.15) is 0 Å². The fourth-order valence-electron chi connectivity index (χ4n) is 1.80. The molecule has 1 unspecified atom stereocenters. The molecule has 3 nitrogen and oxygen atoms in total. The van der Waals surface area contributed by atoms with Crippen LogP contribution in [0.5, 0.6) is 0 Å². The fraction of sp³-hybridized carbons (Fsp3) is 0.400. The molecular formula is C10H12BrNO2S. The SMILES string of the molecule is CC(C)C1NS(=O)(=O)c2ccc(Br)cc21. The molecule has 2 rings (SSSR count). The van der Waals surface area contributed by atoms with Crippen LogP contribution in [0.15, 0.2) is 27.6 Å². The van der Waals surface area contributed by atoms with Gasteiger partial charge in [0.1, 0.15) is 0 Å². The summed E-state index contributed by atoms with van der Waals surface area (Å²) in [6, 6.07) is 5.16. The molecule has 0 radical (unpaired) electrons. The van der Waals surface area contributed by atoms with Crippen molar-refractivity contribution in [3.05, 3.63) is 28.2 Å². The molecular weight excluding hydrogens is 278 g/mol. The lowest BCUT2D eigenvalue weighted by Crippen LogP contribution is -2.23. The number of sulfonamides is 1. The largest absolute Gasteiger partial charge is 0.241 e. The van der Waals surface area contributed by atoms with Crippen LogP contribution in [0.4, 0.5) is 0 Å². The molecule has 1 aliphatic rings. The Labute approximate surface area is 98.1 Å². The van der Waals surface area contributed by atoms with Gasteiger partial charge in [-0.1, -0.05) is 29.8 Å². The van der Waals surface area contributed by atoms with E-state index in [1.807, 2.05) is 19.9 Å². The molecule has 0 bridgehead atoms.